The number of rotatable bonds is 3. The molecule has 1 aromatic heterocycles. The molecule has 0 bridgehead atoms. The Bertz CT molecular complexity index is 835. The molecule has 1 saturated heterocycles. The number of ketones is 1. The minimum absolute atomic E-state index is 0.0126. The summed E-state index contributed by atoms with van der Waals surface area (Å²) in [5.41, 5.74) is 1.24. The van der Waals surface area contributed by atoms with Gasteiger partial charge in [0.2, 0.25) is 0 Å². The number of methoxy groups -OCH3 is 1. The average Bonchev–Trinajstić information content (AvgIpc) is 3.17. The zero-order valence-corrected chi connectivity index (χ0v) is 13.6. The molecule has 0 radical (unpaired) electrons. The Labute approximate surface area is 138 Å². The molecule has 0 saturated carbocycles. The number of likely N-dealkylation sites (N-methyl/N-ethyl adjacent to an activating group) is 1. The summed E-state index contributed by atoms with van der Waals surface area (Å²) in [4.78, 5) is 25.8. The van der Waals surface area contributed by atoms with E-state index in [9.17, 15) is 14.7 Å². The molecule has 1 fully saturated rings. The molecule has 1 atom stereocenters. The third-order valence-corrected chi connectivity index (χ3v) is 4.10. The fourth-order valence-corrected chi connectivity index (χ4v) is 2.88. The van der Waals surface area contributed by atoms with Gasteiger partial charge in [0.25, 0.3) is 11.7 Å². The van der Waals surface area contributed by atoms with E-state index in [1.54, 1.807) is 24.3 Å². The van der Waals surface area contributed by atoms with Crippen LogP contribution in [-0.4, -0.2) is 35.9 Å². The van der Waals surface area contributed by atoms with Crippen molar-refractivity contribution in [3.8, 4) is 5.75 Å². The fraction of sp³-hybridized carbons (Fsp3) is 0.222. The van der Waals surface area contributed by atoms with Crippen LogP contribution in [0.15, 0.2) is 46.6 Å². The Morgan fingerprint density at radius 1 is 1.29 bits per heavy atom. The van der Waals surface area contributed by atoms with Crippen LogP contribution in [0.1, 0.15) is 22.9 Å². The molecule has 1 aromatic carbocycles. The molecule has 1 aliphatic heterocycles. The van der Waals surface area contributed by atoms with E-state index in [-0.39, 0.29) is 11.3 Å². The lowest BCUT2D eigenvalue weighted by atomic mass is 9.98. The molecule has 124 valence electrons. The molecule has 0 spiro atoms. The summed E-state index contributed by atoms with van der Waals surface area (Å²) in [5.74, 6) is -0.896. The smallest absolute Gasteiger partial charge is 0.295 e. The van der Waals surface area contributed by atoms with Gasteiger partial charge < -0.3 is 19.2 Å². The van der Waals surface area contributed by atoms with Crippen molar-refractivity contribution in [2.45, 2.75) is 13.0 Å². The van der Waals surface area contributed by atoms with Crippen LogP contribution in [0.4, 0.5) is 0 Å². The summed E-state index contributed by atoms with van der Waals surface area (Å²) >= 11 is 0. The van der Waals surface area contributed by atoms with Gasteiger partial charge in [-0.1, -0.05) is 11.6 Å². The van der Waals surface area contributed by atoms with Gasteiger partial charge in [0.05, 0.1) is 24.5 Å². The first kappa shape index (κ1) is 15.9. The number of ether oxygens (including phenoxy) is 1. The Hall–Kier alpha value is -3.02. The van der Waals surface area contributed by atoms with Crippen molar-refractivity contribution in [1.29, 1.82) is 0 Å². The lowest BCUT2D eigenvalue weighted by Gasteiger charge is -2.18. The van der Waals surface area contributed by atoms with Gasteiger partial charge in [-0.2, -0.15) is 0 Å². The van der Waals surface area contributed by atoms with E-state index in [2.05, 4.69) is 0 Å². The number of Topliss-reactive ketones (excluding diaryl/α,β-unsaturated/α-hetero) is 1. The second-order valence-corrected chi connectivity index (χ2v) is 5.63. The van der Waals surface area contributed by atoms with E-state index in [1.807, 2.05) is 13.0 Å². The summed E-state index contributed by atoms with van der Waals surface area (Å²) < 4.78 is 10.6. The van der Waals surface area contributed by atoms with E-state index in [4.69, 9.17) is 9.15 Å². The number of furan rings is 1. The monoisotopic (exact) mass is 327 g/mol. The summed E-state index contributed by atoms with van der Waals surface area (Å²) in [6.45, 7) is 1.86. The van der Waals surface area contributed by atoms with Gasteiger partial charge in [0.1, 0.15) is 23.3 Å². The number of aryl methyl sites for hydroxylation is 1. The molecule has 24 heavy (non-hydrogen) atoms. The maximum absolute atomic E-state index is 12.4. The molecule has 2 aromatic rings. The summed E-state index contributed by atoms with van der Waals surface area (Å²) in [6, 6.07) is 7.79. The van der Waals surface area contributed by atoms with E-state index in [0.717, 1.165) is 5.56 Å². The molecule has 6 heteroatoms. The third-order valence-electron chi connectivity index (χ3n) is 4.10. The second kappa shape index (κ2) is 5.88. The fourth-order valence-electron chi connectivity index (χ4n) is 2.88. The zero-order chi connectivity index (χ0) is 17.4. The van der Waals surface area contributed by atoms with Crippen molar-refractivity contribution < 1.29 is 23.8 Å². The van der Waals surface area contributed by atoms with E-state index in [1.165, 1.54) is 25.3 Å². The number of hydrogen-bond donors (Lipinski definition) is 1. The Morgan fingerprint density at radius 2 is 2.04 bits per heavy atom. The number of benzene rings is 1. The van der Waals surface area contributed by atoms with Crippen molar-refractivity contribution in [2.24, 2.45) is 0 Å². The SMILES string of the molecule is COc1ccc(C)cc1/C(O)=C1\C(=O)C(=O)N(C)C1c1ccco1. The minimum Gasteiger partial charge on any atom is -0.507 e. The molecule has 2 heterocycles. The number of hydrogen-bond acceptors (Lipinski definition) is 5. The van der Waals surface area contributed by atoms with Gasteiger partial charge in [-0.15, -0.1) is 0 Å². The largest absolute Gasteiger partial charge is 0.507 e. The number of likely N-dealkylation sites (tertiary alicyclic amines) is 1. The molecule has 0 aliphatic carbocycles. The topological polar surface area (TPSA) is 80.0 Å². The van der Waals surface area contributed by atoms with Gasteiger partial charge in [-0.05, 0) is 31.2 Å². The number of carbonyl (C=O) groups excluding carboxylic acids is 2. The van der Waals surface area contributed by atoms with E-state index in [0.29, 0.717) is 17.1 Å². The normalized spacial score (nSPS) is 19.8. The van der Waals surface area contributed by atoms with Crippen molar-refractivity contribution in [3.05, 3.63) is 59.1 Å². The quantitative estimate of drug-likeness (QED) is 0.532. The van der Waals surface area contributed by atoms with Crippen molar-refractivity contribution in [3.63, 3.8) is 0 Å². The first-order valence-electron chi connectivity index (χ1n) is 7.38. The van der Waals surface area contributed by atoms with Crippen LogP contribution in [-0.2, 0) is 9.59 Å². The van der Waals surface area contributed by atoms with E-state index >= 15 is 0 Å². The zero-order valence-electron chi connectivity index (χ0n) is 13.6. The Morgan fingerprint density at radius 3 is 2.67 bits per heavy atom. The highest BCUT2D eigenvalue weighted by molar-refractivity contribution is 6.46. The number of amides is 1. The molecular formula is C18H17NO5. The standard InChI is InChI=1S/C18H17NO5/c1-10-6-7-12(23-3)11(9-10)16(20)14-15(13-5-4-8-24-13)19(2)18(22)17(14)21/h4-9,15,20H,1-3H3/b16-14+. The number of carbonyl (C=O) groups is 2. The van der Waals surface area contributed by atoms with Crippen LogP contribution in [0.2, 0.25) is 0 Å². The molecule has 3 rings (SSSR count). The Balaban J connectivity index is 2.23. The lowest BCUT2D eigenvalue weighted by molar-refractivity contribution is -0.139. The molecule has 1 N–H and O–H groups in total. The molecular weight excluding hydrogens is 310 g/mol. The highest BCUT2D eigenvalue weighted by Crippen LogP contribution is 2.40. The van der Waals surface area contributed by atoms with Gasteiger partial charge in [0, 0.05) is 7.05 Å². The van der Waals surface area contributed by atoms with Gasteiger partial charge >= 0.3 is 0 Å². The summed E-state index contributed by atoms with van der Waals surface area (Å²) in [5, 5.41) is 10.8. The van der Waals surface area contributed by atoms with Gasteiger partial charge in [-0.25, -0.2) is 0 Å². The second-order valence-electron chi connectivity index (χ2n) is 5.63. The highest BCUT2D eigenvalue weighted by Gasteiger charge is 2.45. The van der Waals surface area contributed by atoms with Crippen LogP contribution in [0, 0.1) is 6.92 Å². The van der Waals surface area contributed by atoms with Crippen molar-refractivity contribution in [1.82, 2.24) is 4.90 Å². The molecule has 1 unspecified atom stereocenters. The highest BCUT2D eigenvalue weighted by atomic mass is 16.5. The number of nitrogens with zero attached hydrogens (tertiary/aromatic N) is 1. The molecule has 1 amide bonds. The van der Waals surface area contributed by atoms with Crippen LogP contribution in [0.3, 0.4) is 0 Å². The van der Waals surface area contributed by atoms with E-state index < -0.39 is 17.7 Å². The number of aliphatic hydroxyl groups excluding tert-OH is 1. The first-order valence-corrected chi connectivity index (χ1v) is 7.38. The summed E-state index contributed by atoms with van der Waals surface area (Å²) in [6.07, 6.45) is 1.46. The first-order chi connectivity index (χ1) is 11.5. The molecule has 6 nitrogen and oxygen atoms in total. The maximum Gasteiger partial charge on any atom is 0.295 e. The summed E-state index contributed by atoms with van der Waals surface area (Å²) in [7, 11) is 2.98. The van der Waals surface area contributed by atoms with Crippen LogP contribution < -0.4 is 4.74 Å². The average molecular weight is 327 g/mol. The minimum atomic E-state index is -0.773. The number of aliphatic hydroxyl groups is 1. The predicted molar refractivity (Wildman–Crippen MR) is 86.5 cm³/mol. The van der Waals surface area contributed by atoms with Crippen LogP contribution >= 0.6 is 0 Å². The van der Waals surface area contributed by atoms with Crippen molar-refractivity contribution >= 4 is 17.4 Å². The predicted octanol–water partition coefficient (Wildman–Crippen LogP) is 2.65. The maximum atomic E-state index is 12.4. The van der Waals surface area contributed by atoms with Gasteiger partial charge in [-0.3, -0.25) is 9.59 Å². The van der Waals surface area contributed by atoms with Gasteiger partial charge in [0.15, 0.2) is 0 Å². The van der Waals surface area contributed by atoms with Crippen molar-refractivity contribution in [2.75, 3.05) is 14.2 Å². The Kier molecular flexibility index (Phi) is 3.89. The van der Waals surface area contributed by atoms with Crippen LogP contribution in [0.25, 0.3) is 5.76 Å². The molecule has 1 aliphatic rings. The third kappa shape index (κ3) is 2.36. The van der Waals surface area contributed by atoms with Crippen LogP contribution in [0.5, 0.6) is 5.75 Å². The lowest BCUT2D eigenvalue weighted by Crippen LogP contribution is -2.24.